The van der Waals surface area contributed by atoms with Crippen molar-refractivity contribution in [3.63, 3.8) is 0 Å². The highest BCUT2D eigenvalue weighted by Crippen LogP contribution is 2.12. The van der Waals surface area contributed by atoms with Crippen molar-refractivity contribution in [1.82, 2.24) is 4.72 Å². The quantitative estimate of drug-likeness (QED) is 0.404. The highest BCUT2D eigenvalue weighted by Gasteiger charge is 2.15. The number of hydrogen-bond donors (Lipinski definition) is 4. The van der Waals surface area contributed by atoms with Crippen LogP contribution < -0.4 is 21.7 Å². The molecule has 0 aromatic heterocycles. The number of primary amides is 1. The number of hydrogen-bond acceptors (Lipinski definition) is 5. The van der Waals surface area contributed by atoms with Crippen LogP contribution in [0.25, 0.3) is 0 Å². The van der Waals surface area contributed by atoms with E-state index in [9.17, 15) is 13.2 Å². The van der Waals surface area contributed by atoms with Gasteiger partial charge in [-0.25, -0.2) is 17.9 Å². The zero-order chi connectivity index (χ0) is 11.5. The molecule has 1 aromatic carbocycles. The maximum atomic E-state index is 11.4. The van der Waals surface area contributed by atoms with Crippen LogP contribution in [0.15, 0.2) is 29.2 Å². The van der Waals surface area contributed by atoms with Gasteiger partial charge < -0.3 is 11.2 Å². The van der Waals surface area contributed by atoms with E-state index in [2.05, 4.69) is 5.43 Å². The first-order chi connectivity index (χ1) is 6.95. The molecule has 6 N–H and O–H groups in total. The molecule has 0 atom stereocenters. The molecule has 0 fully saturated rings. The molecule has 0 spiro atoms. The van der Waals surface area contributed by atoms with Gasteiger partial charge in [0.25, 0.3) is 10.0 Å². The summed E-state index contributed by atoms with van der Waals surface area (Å²) in [5, 5.41) is 0. The molecule has 0 bridgehead atoms. The molecule has 0 radical (unpaired) electrons. The van der Waals surface area contributed by atoms with Crippen LogP contribution in [0.1, 0.15) is 0 Å². The molecule has 0 aliphatic rings. The van der Waals surface area contributed by atoms with Crippen LogP contribution >= 0.6 is 0 Å². The van der Waals surface area contributed by atoms with Crippen molar-refractivity contribution in [2.24, 2.45) is 11.6 Å². The average molecular weight is 230 g/mol. The van der Waals surface area contributed by atoms with Gasteiger partial charge in [0, 0.05) is 5.69 Å². The van der Waals surface area contributed by atoms with Crippen molar-refractivity contribution >= 4 is 21.7 Å². The van der Waals surface area contributed by atoms with E-state index < -0.39 is 16.1 Å². The first kappa shape index (κ1) is 11.3. The Kier molecular flexibility index (Phi) is 3.12. The number of nitrogen functional groups attached to an aromatic ring is 1. The third-order valence-electron chi connectivity index (χ3n) is 1.57. The summed E-state index contributed by atoms with van der Waals surface area (Å²) in [6, 6.07) is 4.36. The predicted octanol–water partition coefficient (Wildman–Crippen LogP) is -0.671. The van der Waals surface area contributed by atoms with Crippen molar-refractivity contribution in [1.29, 1.82) is 0 Å². The molecule has 1 aromatic rings. The Labute approximate surface area is 86.5 Å². The van der Waals surface area contributed by atoms with Crippen LogP contribution in [0.3, 0.4) is 0 Å². The number of hydrazine groups is 1. The van der Waals surface area contributed by atoms with E-state index in [0.717, 1.165) is 0 Å². The van der Waals surface area contributed by atoms with Crippen LogP contribution in [0.2, 0.25) is 0 Å². The Morgan fingerprint density at radius 2 is 1.73 bits per heavy atom. The second-order valence-corrected chi connectivity index (χ2v) is 4.32. The van der Waals surface area contributed by atoms with Gasteiger partial charge in [0.05, 0.1) is 4.90 Å². The summed E-state index contributed by atoms with van der Waals surface area (Å²) < 4.78 is 24.4. The van der Waals surface area contributed by atoms with Crippen molar-refractivity contribution < 1.29 is 13.2 Å². The topological polar surface area (TPSA) is 127 Å². The van der Waals surface area contributed by atoms with Gasteiger partial charge in [-0.3, -0.25) is 5.84 Å². The highest BCUT2D eigenvalue weighted by atomic mass is 32.2. The Balaban J connectivity index is 3.01. The number of nitrogens with two attached hydrogens (primary N) is 2. The average Bonchev–Trinajstić information content (AvgIpc) is 2.16. The van der Waals surface area contributed by atoms with E-state index in [1.54, 1.807) is 4.72 Å². The molecule has 0 saturated carbocycles. The Bertz CT molecular complexity index is 454. The van der Waals surface area contributed by atoms with Gasteiger partial charge >= 0.3 is 6.03 Å². The number of urea groups is 1. The van der Waals surface area contributed by atoms with Crippen LogP contribution in [0, 0.1) is 0 Å². The minimum absolute atomic E-state index is 0.0692. The van der Waals surface area contributed by atoms with Gasteiger partial charge in [0.15, 0.2) is 0 Å². The molecule has 8 heteroatoms. The SMILES string of the molecule is NNc1ccc(S(=O)(=O)NC(N)=O)cc1. The van der Waals surface area contributed by atoms with E-state index in [1.165, 1.54) is 24.3 Å². The molecule has 1 rings (SSSR count). The second kappa shape index (κ2) is 4.15. The molecule has 0 aliphatic heterocycles. The number of amides is 2. The fourth-order valence-corrected chi connectivity index (χ4v) is 1.80. The molecule has 0 saturated heterocycles. The van der Waals surface area contributed by atoms with Gasteiger partial charge in [0.2, 0.25) is 0 Å². The fraction of sp³-hybridized carbons (Fsp3) is 0. The minimum atomic E-state index is -3.88. The summed E-state index contributed by atoms with van der Waals surface area (Å²) in [7, 11) is -3.88. The molecule has 15 heavy (non-hydrogen) atoms. The predicted molar refractivity (Wildman–Crippen MR) is 54.2 cm³/mol. The van der Waals surface area contributed by atoms with E-state index in [0.29, 0.717) is 5.69 Å². The standard InChI is InChI=1S/C7H10N4O3S/c8-7(12)11-15(13,14)6-3-1-5(10-9)2-4-6/h1-4,10H,9H2,(H3,8,11,12). The lowest BCUT2D eigenvalue weighted by atomic mass is 10.3. The molecular weight excluding hydrogens is 220 g/mol. The third kappa shape index (κ3) is 2.82. The van der Waals surface area contributed by atoms with Gasteiger partial charge in [-0.05, 0) is 24.3 Å². The lowest BCUT2D eigenvalue weighted by molar-refractivity contribution is 0.253. The molecule has 0 unspecified atom stereocenters. The second-order valence-electron chi connectivity index (χ2n) is 2.64. The lowest BCUT2D eigenvalue weighted by Crippen LogP contribution is -2.34. The van der Waals surface area contributed by atoms with Crippen LogP contribution in [0.5, 0.6) is 0 Å². The van der Waals surface area contributed by atoms with Gasteiger partial charge in [0.1, 0.15) is 0 Å². The van der Waals surface area contributed by atoms with Crippen LogP contribution in [-0.4, -0.2) is 14.4 Å². The number of benzene rings is 1. The Morgan fingerprint density at radius 1 is 1.20 bits per heavy atom. The van der Waals surface area contributed by atoms with E-state index >= 15 is 0 Å². The normalized spacial score (nSPS) is 10.7. The smallest absolute Gasteiger partial charge is 0.326 e. The van der Waals surface area contributed by atoms with Gasteiger partial charge in [-0.1, -0.05) is 0 Å². The van der Waals surface area contributed by atoms with Crippen molar-refractivity contribution in [3.8, 4) is 0 Å². The van der Waals surface area contributed by atoms with E-state index in [-0.39, 0.29) is 4.90 Å². The summed E-state index contributed by atoms with van der Waals surface area (Å²) in [6.07, 6.45) is 0. The summed E-state index contributed by atoms with van der Waals surface area (Å²) in [4.78, 5) is 10.3. The fourth-order valence-electron chi connectivity index (χ4n) is 0.922. The minimum Gasteiger partial charge on any atom is -0.351 e. The molecular formula is C7H10N4O3S. The van der Waals surface area contributed by atoms with Crippen molar-refractivity contribution in [2.75, 3.05) is 5.43 Å². The molecule has 0 aliphatic carbocycles. The first-order valence-electron chi connectivity index (χ1n) is 3.84. The monoisotopic (exact) mass is 230 g/mol. The van der Waals surface area contributed by atoms with Crippen LogP contribution in [-0.2, 0) is 10.0 Å². The van der Waals surface area contributed by atoms with E-state index in [4.69, 9.17) is 11.6 Å². The molecule has 2 amide bonds. The lowest BCUT2D eigenvalue weighted by Gasteiger charge is -2.05. The van der Waals surface area contributed by atoms with E-state index in [1.807, 2.05) is 0 Å². The third-order valence-corrected chi connectivity index (χ3v) is 2.93. The largest absolute Gasteiger partial charge is 0.351 e. The van der Waals surface area contributed by atoms with Crippen LogP contribution in [0.4, 0.5) is 10.5 Å². The highest BCUT2D eigenvalue weighted by molar-refractivity contribution is 7.90. The summed E-state index contributed by atoms with van der Waals surface area (Å²) in [6.45, 7) is 0. The Hall–Kier alpha value is -1.80. The molecule has 0 heterocycles. The van der Waals surface area contributed by atoms with Crippen molar-refractivity contribution in [3.05, 3.63) is 24.3 Å². The number of carbonyl (C=O) groups is 1. The van der Waals surface area contributed by atoms with Gasteiger partial charge in [-0.2, -0.15) is 0 Å². The summed E-state index contributed by atoms with van der Waals surface area (Å²) in [5.74, 6) is 5.10. The number of nitrogens with one attached hydrogen (secondary N) is 2. The Morgan fingerprint density at radius 3 is 2.13 bits per heavy atom. The maximum absolute atomic E-state index is 11.4. The zero-order valence-electron chi connectivity index (χ0n) is 7.60. The number of rotatable bonds is 3. The number of sulfonamides is 1. The van der Waals surface area contributed by atoms with Gasteiger partial charge in [-0.15, -0.1) is 0 Å². The number of carbonyl (C=O) groups excluding carboxylic acids is 1. The maximum Gasteiger partial charge on any atom is 0.326 e. The first-order valence-corrected chi connectivity index (χ1v) is 5.33. The summed E-state index contributed by atoms with van der Waals surface area (Å²) in [5.41, 5.74) is 7.60. The zero-order valence-corrected chi connectivity index (χ0v) is 8.41. The van der Waals surface area contributed by atoms with Crippen molar-refractivity contribution in [2.45, 2.75) is 4.90 Å². The summed E-state index contributed by atoms with van der Waals surface area (Å²) >= 11 is 0. The molecule has 82 valence electrons. The number of anilines is 1. The molecule has 7 nitrogen and oxygen atoms in total.